The second-order valence-electron chi connectivity index (χ2n) is 26.6. The van der Waals surface area contributed by atoms with Crippen molar-refractivity contribution in [3.05, 3.63) is 83.4 Å². The van der Waals surface area contributed by atoms with E-state index in [-0.39, 0.29) is 33.0 Å². The maximum absolute atomic E-state index is 13.3. The van der Waals surface area contributed by atoms with Gasteiger partial charge in [-0.2, -0.15) is 0 Å². The average molecular weight is 1320 g/mol. The van der Waals surface area contributed by atoms with Crippen LogP contribution in [0.15, 0.2) is 66.7 Å². The third-order valence-electron chi connectivity index (χ3n) is 14.2. The fraction of sp³-hybridized carbons (Fsp3) is 0.640. The predicted octanol–water partition coefficient (Wildman–Crippen LogP) is 20.1. The maximum atomic E-state index is 13.3. The molecular formula is C75H113BrO14. The largest absolute Gasteiger partial charge is 0.493 e. The van der Waals surface area contributed by atoms with E-state index in [0.29, 0.717) is 82.3 Å². The fourth-order valence-corrected chi connectivity index (χ4v) is 10.3. The lowest BCUT2D eigenvalue weighted by Crippen LogP contribution is -2.27. The molecule has 0 unspecified atom stereocenters. The lowest BCUT2D eigenvalue weighted by Gasteiger charge is -2.22. The van der Waals surface area contributed by atoms with E-state index in [1.807, 2.05) is 117 Å². The normalized spacial score (nSPS) is 11.7. The van der Waals surface area contributed by atoms with Crippen molar-refractivity contribution in [1.82, 2.24) is 0 Å². The van der Waals surface area contributed by atoms with Gasteiger partial charge in [-0.1, -0.05) is 172 Å². The summed E-state index contributed by atoms with van der Waals surface area (Å²) in [5.41, 5.74) is 1.51. The summed E-state index contributed by atoms with van der Waals surface area (Å²) in [6.45, 7) is 23.8. The molecule has 0 aliphatic heterocycles. The molecule has 90 heavy (non-hydrogen) atoms. The van der Waals surface area contributed by atoms with Crippen molar-refractivity contribution in [3.63, 3.8) is 0 Å². The molecule has 0 atom stereocenters. The highest BCUT2D eigenvalue weighted by Gasteiger charge is 2.23. The number of alkyl halides is 1. The van der Waals surface area contributed by atoms with Gasteiger partial charge < -0.3 is 52.1 Å². The number of carbonyl (C=O) groups excluding carboxylic acids is 3. The van der Waals surface area contributed by atoms with Gasteiger partial charge in [0.1, 0.15) is 76.0 Å². The number of carbonyl (C=O) groups is 3. The van der Waals surface area contributed by atoms with Crippen molar-refractivity contribution < 1.29 is 66.5 Å². The molecule has 0 saturated heterocycles. The first-order valence-corrected chi connectivity index (χ1v) is 35.0. The molecule has 0 radical (unpaired) electrons. The number of rotatable bonds is 47. The van der Waals surface area contributed by atoms with E-state index in [4.69, 9.17) is 52.1 Å². The molecule has 0 fully saturated rings. The molecule has 4 aromatic rings. The van der Waals surface area contributed by atoms with Crippen LogP contribution in [0.3, 0.4) is 0 Å². The van der Waals surface area contributed by atoms with Crippen LogP contribution in [0.2, 0.25) is 0 Å². The topological polar surface area (TPSA) is 153 Å². The van der Waals surface area contributed by atoms with Gasteiger partial charge in [-0.15, -0.1) is 0 Å². The number of unbranched alkanes of at least 4 members (excludes halogenated alkanes) is 21. The van der Waals surface area contributed by atoms with Crippen molar-refractivity contribution in [1.29, 1.82) is 0 Å². The van der Waals surface area contributed by atoms with Crippen LogP contribution in [0.5, 0.6) is 46.0 Å². The Kier molecular flexibility index (Phi) is 36.0. The van der Waals surface area contributed by atoms with E-state index in [1.165, 1.54) is 96.3 Å². The van der Waals surface area contributed by atoms with Gasteiger partial charge in [0.15, 0.2) is 19.8 Å². The molecule has 15 heteroatoms. The van der Waals surface area contributed by atoms with Gasteiger partial charge in [0.05, 0.1) is 25.4 Å². The first-order chi connectivity index (χ1) is 43.0. The zero-order chi connectivity index (χ0) is 65.6. The fourth-order valence-electron chi connectivity index (χ4n) is 10.0. The number of esters is 3. The summed E-state index contributed by atoms with van der Waals surface area (Å²) in [5, 5.41) is 0.498. The van der Waals surface area contributed by atoms with E-state index < -0.39 is 34.7 Å². The van der Waals surface area contributed by atoms with E-state index >= 15 is 0 Å². The smallest absolute Gasteiger partial charge is 0.344 e. The molecule has 4 aromatic carbocycles. The Labute approximate surface area is 550 Å². The van der Waals surface area contributed by atoms with Crippen molar-refractivity contribution in [2.24, 2.45) is 0 Å². The molecule has 504 valence electrons. The van der Waals surface area contributed by atoms with Crippen LogP contribution in [0, 0.1) is 0 Å². The molecule has 4 rings (SSSR count). The molecule has 0 saturated carbocycles. The Bertz CT molecular complexity index is 2560. The zero-order valence-corrected chi connectivity index (χ0v) is 58.9. The minimum atomic E-state index is -0.725. The highest BCUT2D eigenvalue weighted by atomic mass is 79.9. The first kappa shape index (κ1) is 76.6. The molecule has 0 bridgehead atoms. The predicted molar refractivity (Wildman–Crippen MR) is 364 cm³/mol. The van der Waals surface area contributed by atoms with Gasteiger partial charge in [0.2, 0.25) is 0 Å². The molecule has 0 amide bonds. The second kappa shape index (κ2) is 42.3. The lowest BCUT2D eigenvalue weighted by atomic mass is 10.0. The van der Waals surface area contributed by atoms with Crippen molar-refractivity contribution in [2.45, 2.75) is 273 Å². The molecule has 0 N–H and O–H groups in total. The zero-order valence-electron chi connectivity index (χ0n) is 57.3. The number of ether oxygens (including phenoxy) is 11. The van der Waals surface area contributed by atoms with E-state index in [9.17, 15) is 14.4 Å². The van der Waals surface area contributed by atoms with E-state index in [0.717, 1.165) is 74.5 Å². The van der Waals surface area contributed by atoms with Gasteiger partial charge in [-0.05, 0) is 152 Å². The lowest BCUT2D eigenvalue weighted by molar-refractivity contribution is -0.158. The van der Waals surface area contributed by atoms with Crippen molar-refractivity contribution in [3.8, 4) is 57.1 Å². The molecule has 0 aliphatic rings. The standard InChI is InChI=1S/C75H113BrO14/c1-13-16-19-22-25-28-31-34-37-80-61-40-58(42-63(48-61)85-54-69(77)88-73(4,5)6)52-83-65-46-60(72-67(82-39-36-33-30-27-24-21-18-15-3)44-57(51-76)45-68(72)87-56-71(79)90-75(10,11)12)47-66(50-65)84-53-59-41-62(81-38-35-32-29-26-23-20-17-14-2)49-64(43-59)86-55-70(78)89-74(7,8)9/h40-50H,13-39,51-56H2,1-12H3. The van der Waals surface area contributed by atoms with Crippen LogP contribution in [0.4, 0.5) is 0 Å². The third-order valence-corrected chi connectivity index (χ3v) is 14.9. The Balaban J connectivity index is 1.80. The summed E-state index contributed by atoms with van der Waals surface area (Å²) < 4.78 is 68.5. The minimum absolute atomic E-state index is 0.0730. The summed E-state index contributed by atoms with van der Waals surface area (Å²) in [6.07, 6.45) is 27.9. The monoisotopic (exact) mass is 1320 g/mol. The maximum Gasteiger partial charge on any atom is 0.344 e. The van der Waals surface area contributed by atoms with Crippen LogP contribution in [-0.4, -0.2) is 74.4 Å². The van der Waals surface area contributed by atoms with Crippen LogP contribution < -0.4 is 37.9 Å². The molecule has 0 aromatic heterocycles. The average Bonchev–Trinajstić information content (AvgIpc) is 0.821. The summed E-state index contributed by atoms with van der Waals surface area (Å²) in [7, 11) is 0. The molecule has 0 heterocycles. The second-order valence-corrected chi connectivity index (χ2v) is 27.2. The summed E-state index contributed by atoms with van der Waals surface area (Å²) in [6, 6.07) is 20.6. The van der Waals surface area contributed by atoms with Crippen molar-refractivity contribution >= 4 is 33.8 Å². The Morgan fingerprint density at radius 2 is 0.611 bits per heavy atom. The Hall–Kier alpha value is -5.83. The molecule has 0 aliphatic carbocycles. The number of hydrogen-bond acceptors (Lipinski definition) is 14. The van der Waals surface area contributed by atoms with Gasteiger partial charge >= 0.3 is 17.9 Å². The SMILES string of the molecule is CCCCCCCCCCOc1cc(COc2cc(OCc3cc(OCCCCCCCCCC)cc(OCC(=O)OC(C)(C)C)c3)cc(-c3c(OCCCCCCCCCC)cc(CBr)cc3OCC(=O)OC(C)(C)C)c2)cc(OCC(=O)OC(C)(C)C)c1. The summed E-state index contributed by atoms with van der Waals surface area (Å²) in [5.74, 6) is 2.42. The number of hydrogen-bond donors (Lipinski definition) is 0. The highest BCUT2D eigenvalue weighted by Crippen LogP contribution is 2.44. The molecule has 14 nitrogen and oxygen atoms in total. The number of halogens is 1. The first-order valence-electron chi connectivity index (χ1n) is 33.9. The van der Waals surface area contributed by atoms with Crippen molar-refractivity contribution in [2.75, 3.05) is 39.6 Å². The summed E-state index contributed by atoms with van der Waals surface area (Å²) in [4.78, 5) is 39.1. The minimum Gasteiger partial charge on any atom is -0.493 e. The van der Waals surface area contributed by atoms with Crippen LogP contribution in [0.25, 0.3) is 11.1 Å². The Morgan fingerprint density at radius 3 is 0.944 bits per heavy atom. The quantitative estimate of drug-likeness (QED) is 0.0178. The summed E-state index contributed by atoms with van der Waals surface area (Å²) >= 11 is 3.68. The molecular weight excluding hydrogens is 1200 g/mol. The van der Waals surface area contributed by atoms with Crippen LogP contribution in [0.1, 0.15) is 254 Å². The Morgan fingerprint density at radius 1 is 0.322 bits per heavy atom. The highest BCUT2D eigenvalue weighted by molar-refractivity contribution is 9.08. The third kappa shape index (κ3) is 34.6. The van der Waals surface area contributed by atoms with Gasteiger partial charge in [0, 0.05) is 23.5 Å². The van der Waals surface area contributed by atoms with E-state index in [2.05, 4.69) is 36.7 Å². The number of benzene rings is 4. The molecule has 0 spiro atoms. The van der Waals surface area contributed by atoms with Crippen LogP contribution in [-0.2, 0) is 47.1 Å². The van der Waals surface area contributed by atoms with Gasteiger partial charge in [-0.3, -0.25) is 0 Å². The van der Waals surface area contributed by atoms with Gasteiger partial charge in [0.25, 0.3) is 0 Å². The van der Waals surface area contributed by atoms with Gasteiger partial charge in [-0.25, -0.2) is 14.4 Å². The van der Waals surface area contributed by atoms with E-state index in [1.54, 1.807) is 12.1 Å². The van der Waals surface area contributed by atoms with Crippen LogP contribution >= 0.6 is 15.9 Å².